The van der Waals surface area contributed by atoms with Crippen molar-refractivity contribution in [3.63, 3.8) is 0 Å². The molecule has 0 saturated carbocycles. The molecule has 0 atom stereocenters. The highest BCUT2D eigenvalue weighted by molar-refractivity contribution is 5.36. The van der Waals surface area contributed by atoms with E-state index in [2.05, 4.69) is 5.32 Å². The third-order valence-corrected chi connectivity index (χ3v) is 2.19. The van der Waals surface area contributed by atoms with Crippen LogP contribution >= 0.6 is 0 Å². The van der Waals surface area contributed by atoms with Crippen LogP contribution in [0.25, 0.3) is 0 Å². The Hall–Kier alpha value is -1.16. The lowest BCUT2D eigenvalue weighted by molar-refractivity contribution is -0.0144. The Bertz CT molecular complexity index is 315. The van der Waals surface area contributed by atoms with E-state index in [0.717, 1.165) is 0 Å². The van der Waals surface area contributed by atoms with Crippen LogP contribution in [0.2, 0.25) is 0 Å². The molecule has 1 N–H and O–H groups in total. The molecule has 0 spiro atoms. The van der Waals surface area contributed by atoms with Crippen molar-refractivity contribution >= 4 is 0 Å². The lowest BCUT2D eigenvalue weighted by atomic mass is 10.0. The second-order valence-electron chi connectivity index (χ2n) is 3.26. The van der Waals surface area contributed by atoms with E-state index >= 15 is 0 Å². The molecule has 0 aliphatic rings. The first kappa shape index (κ1) is 11.9. The molecule has 0 amide bonds. The Morgan fingerprint density at radius 1 is 1.33 bits per heavy atom. The highest BCUT2D eigenvalue weighted by Crippen LogP contribution is 2.36. The van der Waals surface area contributed by atoms with Gasteiger partial charge in [0.05, 0.1) is 12.7 Å². The molecule has 4 heteroatoms. The highest BCUT2D eigenvalue weighted by atomic mass is 19.3. The predicted octanol–water partition coefficient (Wildman–Crippen LogP) is 2.40. The molecule has 2 nitrogen and oxygen atoms in total. The van der Waals surface area contributed by atoms with Crippen LogP contribution < -0.4 is 10.1 Å². The maximum atomic E-state index is 13.7. The maximum Gasteiger partial charge on any atom is 0.278 e. The van der Waals surface area contributed by atoms with Gasteiger partial charge in [-0.1, -0.05) is 12.1 Å². The van der Waals surface area contributed by atoms with Crippen molar-refractivity contribution in [1.29, 1.82) is 0 Å². The number of nitrogens with one attached hydrogen (secondary N) is 1. The van der Waals surface area contributed by atoms with Crippen LogP contribution in [0.15, 0.2) is 24.3 Å². The molecule has 0 aliphatic carbocycles. The van der Waals surface area contributed by atoms with Crippen molar-refractivity contribution in [2.45, 2.75) is 12.3 Å². The first-order valence-electron chi connectivity index (χ1n) is 4.77. The summed E-state index contributed by atoms with van der Waals surface area (Å²) in [6.45, 7) is 0.269. The van der Waals surface area contributed by atoms with Gasteiger partial charge in [0, 0.05) is 13.0 Å². The third kappa shape index (κ3) is 2.89. The van der Waals surface area contributed by atoms with E-state index in [4.69, 9.17) is 4.74 Å². The number of alkyl halides is 2. The molecule has 0 radical (unpaired) electrons. The summed E-state index contributed by atoms with van der Waals surface area (Å²) in [5.41, 5.74) is -0.0530. The van der Waals surface area contributed by atoms with Crippen molar-refractivity contribution in [1.82, 2.24) is 5.32 Å². The number of ether oxygens (including phenoxy) is 1. The van der Waals surface area contributed by atoms with Gasteiger partial charge in [0.1, 0.15) is 5.75 Å². The topological polar surface area (TPSA) is 21.3 Å². The lowest BCUT2D eigenvalue weighted by Gasteiger charge is -2.18. The Kier molecular flexibility index (Phi) is 4.03. The fourth-order valence-electron chi connectivity index (χ4n) is 1.36. The van der Waals surface area contributed by atoms with Gasteiger partial charge in [0.2, 0.25) is 0 Å². The maximum absolute atomic E-state index is 13.7. The number of halogens is 2. The Labute approximate surface area is 88.3 Å². The van der Waals surface area contributed by atoms with E-state index in [1.54, 1.807) is 25.2 Å². The summed E-state index contributed by atoms with van der Waals surface area (Å²) in [5, 5.41) is 2.71. The van der Waals surface area contributed by atoms with Crippen molar-refractivity contribution in [3.05, 3.63) is 29.8 Å². The molecule has 0 bridgehead atoms. The number of rotatable bonds is 5. The van der Waals surface area contributed by atoms with Crippen LogP contribution in [-0.2, 0) is 5.92 Å². The molecule has 1 aromatic rings. The van der Waals surface area contributed by atoms with E-state index in [-0.39, 0.29) is 24.3 Å². The third-order valence-electron chi connectivity index (χ3n) is 2.19. The van der Waals surface area contributed by atoms with Gasteiger partial charge in [0.25, 0.3) is 5.92 Å². The molecule has 0 fully saturated rings. The van der Waals surface area contributed by atoms with Crippen LogP contribution in [0, 0.1) is 0 Å². The van der Waals surface area contributed by atoms with Gasteiger partial charge in [-0.25, -0.2) is 8.78 Å². The summed E-state index contributed by atoms with van der Waals surface area (Å²) in [5.74, 6) is -2.62. The average molecular weight is 215 g/mol. The predicted molar refractivity (Wildman–Crippen MR) is 55.4 cm³/mol. The molecule has 0 aliphatic heterocycles. The van der Waals surface area contributed by atoms with Gasteiger partial charge in [-0.3, -0.25) is 0 Å². The monoisotopic (exact) mass is 215 g/mol. The quantitative estimate of drug-likeness (QED) is 0.814. The first-order valence-corrected chi connectivity index (χ1v) is 4.77. The summed E-state index contributed by atoms with van der Waals surface area (Å²) < 4.78 is 32.3. The normalized spacial score (nSPS) is 11.5. The molecular weight excluding hydrogens is 200 g/mol. The van der Waals surface area contributed by atoms with E-state index < -0.39 is 5.92 Å². The van der Waals surface area contributed by atoms with Gasteiger partial charge in [-0.05, 0) is 19.2 Å². The molecule has 0 aromatic heterocycles. The van der Waals surface area contributed by atoms with E-state index in [1.165, 1.54) is 13.2 Å². The summed E-state index contributed by atoms with van der Waals surface area (Å²) in [4.78, 5) is 0. The molecule has 1 rings (SSSR count). The fraction of sp³-hybridized carbons (Fsp3) is 0.455. The van der Waals surface area contributed by atoms with Crippen molar-refractivity contribution < 1.29 is 13.5 Å². The van der Waals surface area contributed by atoms with Crippen LogP contribution in [0.4, 0.5) is 8.78 Å². The number of hydrogen-bond donors (Lipinski definition) is 1. The molecule has 15 heavy (non-hydrogen) atoms. The van der Waals surface area contributed by atoms with Gasteiger partial charge in [0.15, 0.2) is 0 Å². The first-order chi connectivity index (χ1) is 7.11. The fourth-order valence-corrected chi connectivity index (χ4v) is 1.36. The van der Waals surface area contributed by atoms with Crippen molar-refractivity contribution in [2.24, 2.45) is 0 Å². The van der Waals surface area contributed by atoms with Crippen molar-refractivity contribution in [2.75, 3.05) is 20.7 Å². The minimum absolute atomic E-state index is 0.0530. The minimum Gasteiger partial charge on any atom is -0.496 e. The van der Waals surface area contributed by atoms with Crippen LogP contribution in [-0.4, -0.2) is 20.7 Å². The molecule has 1 aromatic carbocycles. The van der Waals surface area contributed by atoms with Gasteiger partial charge >= 0.3 is 0 Å². The molecule has 0 heterocycles. The molecule has 84 valence electrons. The number of para-hydroxylation sites is 1. The van der Waals surface area contributed by atoms with Gasteiger partial charge in [-0.2, -0.15) is 0 Å². The van der Waals surface area contributed by atoms with Crippen LogP contribution in [0.5, 0.6) is 5.75 Å². The molecule has 0 saturated heterocycles. The summed E-state index contributed by atoms with van der Waals surface area (Å²) in [6.07, 6.45) is -0.232. The Morgan fingerprint density at radius 2 is 2.00 bits per heavy atom. The standard InChI is InChI=1S/C11H15F2NO/c1-14-8-7-11(12,13)9-5-3-4-6-10(9)15-2/h3-6,14H,7-8H2,1-2H3. The second-order valence-corrected chi connectivity index (χ2v) is 3.26. The second kappa shape index (κ2) is 5.07. The number of benzene rings is 1. The van der Waals surface area contributed by atoms with E-state index in [0.29, 0.717) is 0 Å². The average Bonchev–Trinajstić information content (AvgIpc) is 2.26. The zero-order valence-electron chi connectivity index (χ0n) is 8.89. The number of methoxy groups -OCH3 is 1. The Balaban J connectivity index is 2.92. The minimum atomic E-state index is -2.85. The highest BCUT2D eigenvalue weighted by Gasteiger charge is 2.33. The molecular formula is C11H15F2NO. The summed E-state index contributed by atoms with van der Waals surface area (Å²) in [6, 6.07) is 6.21. The zero-order chi connectivity index (χ0) is 11.3. The number of hydrogen-bond acceptors (Lipinski definition) is 2. The largest absolute Gasteiger partial charge is 0.496 e. The van der Waals surface area contributed by atoms with Gasteiger partial charge < -0.3 is 10.1 Å². The SMILES string of the molecule is CNCCC(F)(F)c1ccccc1OC. The zero-order valence-corrected chi connectivity index (χ0v) is 8.89. The van der Waals surface area contributed by atoms with Crippen LogP contribution in [0.3, 0.4) is 0 Å². The lowest BCUT2D eigenvalue weighted by Crippen LogP contribution is -2.21. The van der Waals surface area contributed by atoms with E-state index in [1.807, 2.05) is 0 Å². The van der Waals surface area contributed by atoms with Crippen LogP contribution in [0.1, 0.15) is 12.0 Å². The summed E-state index contributed by atoms with van der Waals surface area (Å²) in [7, 11) is 3.05. The van der Waals surface area contributed by atoms with Gasteiger partial charge in [-0.15, -0.1) is 0 Å². The van der Waals surface area contributed by atoms with E-state index in [9.17, 15) is 8.78 Å². The molecule has 0 unspecified atom stereocenters. The Morgan fingerprint density at radius 3 is 2.60 bits per heavy atom. The smallest absolute Gasteiger partial charge is 0.278 e. The summed E-state index contributed by atoms with van der Waals surface area (Å²) >= 11 is 0. The van der Waals surface area contributed by atoms with Crippen molar-refractivity contribution in [3.8, 4) is 5.75 Å².